The summed E-state index contributed by atoms with van der Waals surface area (Å²) in [5, 5.41) is 7.24. The Hall–Kier alpha value is -1.33. The number of hydrogen-bond donors (Lipinski definition) is 1. The molecule has 0 aliphatic heterocycles. The van der Waals surface area contributed by atoms with Crippen molar-refractivity contribution >= 4 is 33.5 Å². The van der Waals surface area contributed by atoms with Gasteiger partial charge < -0.3 is 4.74 Å². The molecule has 0 amide bonds. The molecule has 1 N–H and O–H groups in total. The number of esters is 1. The first-order valence-corrected chi connectivity index (χ1v) is 5.87. The van der Waals surface area contributed by atoms with E-state index >= 15 is 0 Å². The fourth-order valence-electron chi connectivity index (χ4n) is 1.39. The number of nitrogens with one attached hydrogen (secondary N) is 1. The molecule has 0 saturated carbocycles. The van der Waals surface area contributed by atoms with Crippen molar-refractivity contribution in [1.29, 1.82) is 0 Å². The van der Waals surface area contributed by atoms with Gasteiger partial charge in [0.05, 0.1) is 12.8 Å². The number of halogens is 2. The molecule has 0 bridgehead atoms. The summed E-state index contributed by atoms with van der Waals surface area (Å²) in [4.78, 5) is 11.3. The number of hydrogen-bond acceptors (Lipinski definition) is 3. The lowest BCUT2D eigenvalue weighted by Gasteiger charge is -1.98. The maximum Gasteiger partial charge on any atom is 0.356 e. The summed E-state index contributed by atoms with van der Waals surface area (Å²) >= 11 is 9.28. The van der Waals surface area contributed by atoms with E-state index in [9.17, 15) is 4.79 Å². The number of H-pyrrole nitrogens is 1. The molecule has 1 aromatic carbocycles. The van der Waals surface area contributed by atoms with Crippen LogP contribution in [-0.4, -0.2) is 23.3 Å². The third-order valence-corrected chi connectivity index (χ3v) is 2.82. The Labute approximate surface area is 111 Å². The molecule has 1 aromatic heterocycles. The molecule has 88 valence electrons. The van der Waals surface area contributed by atoms with Crippen LogP contribution in [-0.2, 0) is 4.74 Å². The Morgan fingerprint density at radius 2 is 2.18 bits per heavy atom. The average Bonchev–Trinajstić information content (AvgIpc) is 2.76. The van der Waals surface area contributed by atoms with Crippen LogP contribution < -0.4 is 0 Å². The van der Waals surface area contributed by atoms with Crippen molar-refractivity contribution in [3.63, 3.8) is 0 Å². The topological polar surface area (TPSA) is 55.0 Å². The van der Waals surface area contributed by atoms with E-state index in [0.29, 0.717) is 16.4 Å². The number of ether oxygens (including phenoxy) is 1. The summed E-state index contributed by atoms with van der Waals surface area (Å²) < 4.78 is 5.44. The van der Waals surface area contributed by atoms with E-state index in [0.717, 1.165) is 10.0 Å². The number of methoxy groups -OCH3 is 1. The fourth-order valence-corrected chi connectivity index (χ4v) is 2.25. The zero-order valence-corrected chi connectivity index (χ0v) is 11.2. The highest BCUT2D eigenvalue weighted by Crippen LogP contribution is 2.26. The van der Waals surface area contributed by atoms with Crippen LogP contribution in [0.2, 0.25) is 5.02 Å². The minimum Gasteiger partial charge on any atom is -0.464 e. The number of carbonyl (C=O) groups excluding carboxylic acids is 1. The molecule has 0 unspecified atom stereocenters. The van der Waals surface area contributed by atoms with Crippen LogP contribution in [0.3, 0.4) is 0 Å². The van der Waals surface area contributed by atoms with Gasteiger partial charge in [0.1, 0.15) is 5.69 Å². The van der Waals surface area contributed by atoms with Crippen molar-refractivity contribution in [2.75, 3.05) is 7.11 Å². The Bertz CT molecular complexity index is 548. The van der Waals surface area contributed by atoms with Crippen LogP contribution in [0.4, 0.5) is 0 Å². The Morgan fingerprint density at radius 1 is 1.41 bits per heavy atom. The second-order valence-corrected chi connectivity index (χ2v) is 4.67. The van der Waals surface area contributed by atoms with Crippen molar-refractivity contribution in [3.8, 4) is 11.3 Å². The highest BCUT2D eigenvalue weighted by atomic mass is 79.9. The third-order valence-electron chi connectivity index (χ3n) is 2.14. The van der Waals surface area contributed by atoms with E-state index in [4.69, 9.17) is 11.6 Å². The molecule has 17 heavy (non-hydrogen) atoms. The van der Waals surface area contributed by atoms with E-state index < -0.39 is 5.97 Å². The standard InChI is InChI=1S/C11H8BrClN2O2/c1-17-11(16)10-5-9(14-15-10)6-2-7(12)4-8(13)3-6/h2-5H,1H3,(H,14,15). The maximum atomic E-state index is 11.3. The van der Waals surface area contributed by atoms with E-state index in [1.807, 2.05) is 6.07 Å². The number of carbonyl (C=O) groups is 1. The van der Waals surface area contributed by atoms with Gasteiger partial charge in [-0.05, 0) is 24.3 Å². The molecule has 1 heterocycles. The van der Waals surface area contributed by atoms with Crippen LogP contribution in [0.1, 0.15) is 10.5 Å². The van der Waals surface area contributed by atoms with E-state index in [1.165, 1.54) is 7.11 Å². The van der Waals surface area contributed by atoms with Crippen molar-refractivity contribution in [1.82, 2.24) is 10.2 Å². The maximum absolute atomic E-state index is 11.3. The molecule has 0 aliphatic carbocycles. The molecule has 0 radical (unpaired) electrons. The molecule has 4 nitrogen and oxygen atoms in total. The summed E-state index contributed by atoms with van der Waals surface area (Å²) in [7, 11) is 1.32. The Kier molecular flexibility index (Phi) is 3.49. The Morgan fingerprint density at radius 3 is 2.82 bits per heavy atom. The van der Waals surface area contributed by atoms with Gasteiger partial charge in [-0.3, -0.25) is 5.10 Å². The van der Waals surface area contributed by atoms with Crippen LogP contribution in [0.5, 0.6) is 0 Å². The molecule has 2 rings (SSSR count). The van der Waals surface area contributed by atoms with Crippen LogP contribution in [0.15, 0.2) is 28.7 Å². The lowest BCUT2D eigenvalue weighted by molar-refractivity contribution is 0.0594. The van der Waals surface area contributed by atoms with Crippen LogP contribution in [0, 0.1) is 0 Å². The fraction of sp³-hybridized carbons (Fsp3) is 0.0909. The largest absolute Gasteiger partial charge is 0.464 e. The van der Waals surface area contributed by atoms with Crippen LogP contribution in [0.25, 0.3) is 11.3 Å². The minimum absolute atomic E-state index is 0.304. The second-order valence-electron chi connectivity index (χ2n) is 3.32. The van der Waals surface area contributed by atoms with Crippen molar-refractivity contribution in [2.24, 2.45) is 0 Å². The first kappa shape index (κ1) is 12.1. The lowest BCUT2D eigenvalue weighted by atomic mass is 10.1. The number of aromatic nitrogens is 2. The zero-order valence-electron chi connectivity index (χ0n) is 8.83. The van der Waals surface area contributed by atoms with Gasteiger partial charge in [-0.1, -0.05) is 27.5 Å². The van der Waals surface area contributed by atoms with Gasteiger partial charge in [0.2, 0.25) is 0 Å². The monoisotopic (exact) mass is 314 g/mol. The SMILES string of the molecule is COC(=O)c1cc(-c2cc(Cl)cc(Br)c2)n[nH]1. The summed E-state index contributed by atoms with van der Waals surface area (Å²) in [6.45, 7) is 0. The summed E-state index contributed by atoms with van der Waals surface area (Å²) in [5.41, 5.74) is 1.75. The number of rotatable bonds is 2. The molecule has 0 spiro atoms. The van der Waals surface area contributed by atoms with Crippen molar-refractivity contribution < 1.29 is 9.53 Å². The number of nitrogens with zero attached hydrogens (tertiary/aromatic N) is 1. The van der Waals surface area contributed by atoms with E-state index in [2.05, 4.69) is 30.9 Å². The number of aromatic amines is 1. The van der Waals surface area contributed by atoms with Gasteiger partial charge in [0.15, 0.2) is 0 Å². The quantitative estimate of drug-likeness (QED) is 0.865. The predicted octanol–water partition coefficient (Wildman–Crippen LogP) is 3.28. The van der Waals surface area contributed by atoms with Gasteiger partial charge in [-0.15, -0.1) is 0 Å². The first-order chi connectivity index (χ1) is 8.10. The molecule has 0 saturated heterocycles. The molecule has 0 aliphatic rings. The van der Waals surface area contributed by atoms with Gasteiger partial charge in [-0.25, -0.2) is 4.79 Å². The molecule has 0 fully saturated rings. The van der Waals surface area contributed by atoms with Crippen molar-refractivity contribution in [2.45, 2.75) is 0 Å². The van der Waals surface area contributed by atoms with E-state index in [-0.39, 0.29) is 0 Å². The normalized spacial score (nSPS) is 10.3. The Balaban J connectivity index is 2.40. The highest BCUT2D eigenvalue weighted by Gasteiger charge is 2.11. The zero-order chi connectivity index (χ0) is 12.4. The lowest BCUT2D eigenvalue weighted by Crippen LogP contribution is -2.00. The van der Waals surface area contributed by atoms with Gasteiger partial charge in [0, 0.05) is 15.1 Å². The van der Waals surface area contributed by atoms with Crippen LogP contribution >= 0.6 is 27.5 Å². The highest BCUT2D eigenvalue weighted by molar-refractivity contribution is 9.10. The van der Waals surface area contributed by atoms with E-state index in [1.54, 1.807) is 18.2 Å². The summed E-state index contributed by atoms with van der Waals surface area (Å²) in [5.74, 6) is -0.454. The van der Waals surface area contributed by atoms with Gasteiger partial charge >= 0.3 is 5.97 Å². The summed E-state index contributed by atoms with van der Waals surface area (Å²) in [6.07, 6.45) is 0. The molecular weight excluding hydrogens is 307 g/mol. The average molecular weight is 316 g/mol. The van der Waals surface area contributed by atoms with Gasteiger partial charge in [-0.2, -0.15) is 5.10 Å². The molecule has 0 atom stereocenters. The number of benzene rings is 1. The van der Waals surface area contributed by atoms with Crippen molar-refractivity contribution in [3.05, 3.63) is 39.5 Å². The molecular formula is C11H8BrClN2O2. The predicted molar refractivity (Wildman–Crippen MR) is 68.1 cm³/mol. The smallest absolute Gasteiger partial charge is 0.356 e. The summed E-state index contributed by atoms with van der Waals surface area (Å²) in [6, 6.07) is 7.02. The second kappa shape index (κ2) is 4.89. The van der Waals surface area contributed by atoms with Gasteiger partial charge in [0.25, 0.3) is 0 Å². The molecule has 2 aromatic rings. The molecule has 6 heteroatoms. The third kappa shape index (κ3) is 2.68. The minimum atomic E-state index is -0.454. The first-order valence-electron chi connectivity index (χ1n) is 4.70.